The molecule has 112 valence electrons. The van der Waals surface area contributed by atoms with E-state index in [-0.39, 0.29) is 0 Å². The fourth-order valence-corrected chi connectivity index (χ4v) is 2.47. The van der Waals surface area contributed by atoms with Gasteiger partial charge in [0.15, 0.2) is 0 Å². The highest BCUT2D eigenvalue weighted by Gasteiger charge is 2.08. The van der Waals surface area contributed by atoms with Crippen LogP contribution in [0.5, 0.6) is 0 Å². The summed E-state index contributed by atoms with van der Waals surface area (Å²) in [5.41, 5.74) is 4.79. The molecule has 0 amide bonds. The van der Waals surface area contributed by atoms with Gasteiger partial charge in [0, 0.05) is 29.9 Å². The molecule has 0 saturated heterocycles. The molecule has 0 aliphatic heterocycles. The number of aryl methyl sites for hydroxylation is 4. The van der Waals surface area contributed by atoms with Gasteiger partial charge in [-0.05, 0) is 38.8 Å². The molecule has 0 atom stereocenters. The van der Waals surface area contributed by atoms with Gasteiger partial charge in [0.1, 0.15) is 5.82 Å². The van der Waals surface area contributed by atoms with Crippen molar-refractivity contribution in [2.45, 2.75) is 46.6 Å². The van der Waals surface area contributed by atoms with E-state index in [0.29, 0.717) is 0 Å². The summed E-state index contributed by atoms with van der Waals surface area (Å²) < 4.78 is 0. The molecule has 0 fully saturated rings. The number of rotatable bonds is 7. The summed E-state index contributed by atoms with van der Waals surface area (Å²) in [5, 5.41) is 3.43. The molecule has 0 saturated carbocycles. The molecule has 2 aromatic rings. The normalized spacial score (nSPS) is 10.8. The maximum Gasteiger partial charge on any atom is 0.129 e. The fraction of sp³-hybridized carbons (Fsp3) is 0.444. The van der Waals surface area contributed by atoms with Crippen LogP contribution in [0.4, 0.5) is 0 Å². The Morgan fingerprint density at radius 3 is 2.24 bits per heavy atom. The second kappa shape index (κ2) is 7.89. The van der Waals surface area contributed by atoms with E-state index < -0.39 is 0 Å². The first-order chi connectivity index (χ1) is 10.2. The first-order valence-electron chi connectivity index (χ1n) is 7.78. The number of hydrogen-bond donors (Lipinski definition) is 1. The van der Waals surface area contributed by atoms with Crippen molar-refractivity contribution >= 4 is 0 Å². The molecule has 1 aromatic carbocycles. The highest BCUT2D eigenvalue weighted by atomic mass is 14.9. The number of nitrogens with one attached hydrogen (secondary N) is 1. The minimum atomic E-state index is 0.866. The van der Waals surface area contributed by atoms with Crippen LogP contribution in [0.3, 0.4) is 0 Å². The Morgan fingerprint density at radius 1 is 0.952 bits per heavy atom. The lowest BCUT2D eigenvalue weighted by molar-refractivity contribution is 0.661. The SMILES string of the molecule is CCCNCc1c(C)nc(CCc2ccccc2)nc1C. The average molecular weight is 283 g/mol. The Hall–Kier alpha value is -1.74. The van der Waals surface area contributed by atoms with Gasteiger partial charge < -0.3 is 5.32 Å². The highest BCUT2D eigenvalue weighted by molar-refractivity contribution is 5.24. The van der Waals surface area contributed by atoms with E-state index in [4.69, 9.17) is 0 Å². The van der Waals surface area contributed by atoms with Crippen molar-refractivity contribution in [1.82, 2.24) is 15.3 Å². The van der Waals surface area contributed by atoms with Crippen LogP contribution in [0.2, 0.25) is 0 Å². The summed E-state index contributed by atoms with van der Waals surface area (Å²) in [6.45, 7) is 8.25. The summed E-state index contributed by atoms with van der Waals surface area (Å²) >= 11 is 0. The van der Waals surface area contributed by atoms with Gasteiger partial charge in [0.05, 0.1) is 0 Å². The zero-order valence-electron chi connectivity index (χ0n) is 13.3. The van der Waals surface area contributed by atoms with Gasteiger partial charge in [0.2, 0.25) is 0 Å². The fourth-order valence-electron chi connectivity index (χ4n) is 2.47. The summed E-state index contributed by atoms with van der Waals surface area (Å²) in [5.74, 6) is 0.952. The van der Waals surface area contributed by atoms with Gasteiger partial charge in [-0.3, -0.25) is 0 Å². The minimum Gasteiger partial charge on any atom is -0.313 e. The molecule has 3 nitrogen and oxygen atoms in total. The van der Waals surface area contributed by atoms with Gasteiger partial charge >= 0.3 is 0 Å². The van der Waals surface area contributed by atoms with E-state index in [1.54, 1.807) is 0 Å². The quantitative estimate of drug-likeness (QED) is 0.792. The molecular formula is C18H25N3. The van der Waals surface area contributed by atoms with E-state index in [9.17, 15) is 0 Å². The second-order valence-corrected chi connectivity index (χ2v) is 5.45. The molecule has 0 spiro atoms. The van der Waals surface area contributed by atoms with E-state index in [0.717, 1.165) is 49.6 Å². The van der Waals surface area contributed by atoms with Crippen LogP contribution < -0.4 is 5.32 Å². The zero-order valence-corrected chi connectivity index (χ0v) is 13.3. The lowest BCUT2D eigenvalue weighted by Gasteiger charge is -2.11. The van der Waals surface area contributed by atoms with Crippen molar-refractivity contribution in [3.05, 3.63) is 58.7 Å². The predicted octanol–water partition coefficient (Wildman–Crippen LogP) is 3.38. The molecule has 1 heterocycles. The first-order valence-corrected chi connectivity index (χ1v) is 7.78. The Kier molecular flexibility index (Phi) is 5.88. The van der Waals surface area contributed by atoms with Gasteiger partial charge in [-0.25, -0.2) is 9.97 Å². The van der Waals surface area contributed by atoms with Crippen molar-refractivity contribution < 1.29 is 0 Å². The summed E-state index contributed by atoms with van der Waals surface area (Å²) in [4.78, 5) is 9.35. The molecule has 21 heavy (non-hydrogen) atoms. The molecule has 0 bridgehead atoms. The lowest BCUT2D eigenvalue weighted by Crippen LogP contribution is -2.17. The van der Waals surface area contributed by atoms with Crippen molar-refractivity contribution in [1.29, 1.82) is 0 Å². The van der Waals surface area contributed by atoms with Crippen LogP contribution in [0.25, 0.3) is 0 Å². The highest BCUT2D eigenvalue weighted by Crippen LogP contribution is 2.12. The predicted molar refractivity (Wildman–Crippen MR) is 87.4 cm³/mol. The van der Waals surface area contributed by atoms with Crippen LogP contribution >= 0.6 is 0 Å². The molecule has 3 heteroatoms. The van der Waals surface area contributed by atoms with Crippen molar-refractivity contribution in [3.63, 3.8) is 0 Å². The number of benzene rings is 1. The van der Waals surface area contributed by atoms with Crippen LogP contribution in [0, 0.1) is 13.8 Å². The molecule has 2 rings (SSSR count). The molecule has 0 radical (unpaired) electrons. The molecule has 1 N–H and O–H groups in total. The third-order valence-electron chi connectivity index (χ3n) is 3.68. The van der Waals surface area contributed by atoms with Gasteiger partial charge in [0.25, 0.3) is 0 Å². The smallest absolute Gasteiger partial charge is 0.129 e. The van der Waals surface area contributed by atoms with Crippen molar-refractivity contribution in [2.75, 3.05) is 6.54 Å². The maximum atomic E-state index is 4.68. The van der Waals surface area contributed by atoms with Crippen LogP contribution in [-0.4, -0.2) is 16.5 Å². The average Bonchev–Trinajstić information content (AvgIpc) is 2.49. The summed E-state index contributed by atoms with van der Waals surface area (Å²) in [6, 6.07) is 10.5. The minimum absolute atomic E-state index is 0.866. The van der Waals surface area contributed by atoms with Gasteiger partial charge in [-0.15, -0.1) is 0 Å². The monoisotopic (exact) mass is 283 g/mol. The van der Waals surface area contributed by atoms with Crippen molar-refractivity contribution in [2.24, 2.45) is 0 Å². The first kappa shape index (κ1) is 15.6. The molecule has 0 aliphatic carbocycles. The van der Waals surface area contributed by atoms with Gasteiger partial charge in [-0.1, -0.05) is 37.3 Å². The Morgan fingerprint density at radius 2 is 1.62 bits per heavy atom. The number of hydrogen-bond acceptors (Lipinski definition) is 3. The Balaban J connectivity index is 2.01. The summed E-state index contributed by atoms with van der Waals surface area (Å²) in [6.07, 6.45) is 3.04. The van der Waals surface area contributed by atoms with Crippen LogP contribution in [-0.2, 0) is 19.4 Å². The zero-order chi connectivity index (χ0) is 15.1. The lowest BCUT2D eigenvalue weighted by atomic mass is 10.1. The van der Waals surface area contributed by atoms with E-state index >= 15 is 0 Å². The Labute approximate surface area is 127 Å². The maximum absolute atomic E-state index is 4.68. The molecular weight excluding hydrogens is 258 g/mol. The number of aromatic nitrogens is 2. The van der Waals surface area contributed by atoms with E-state index in [1.807, 2.05) is 6.07 Å². The van der Waals surface area contributed by atoms with Gasteiger partial charge in [-0.2, -0.15) is 0 Å². The van der Waals surface area contributed by atoms with E-state index in [1.165, 1.54) is 11.1 Å². The summed E-state index contributed by atoms with van der Waals surface area (Å²) in [7, 11) is 0. The third-order valence-corrected chi connectivity index (χ3v) is 3.68. The van der Waals surface area contributed by atoms with Crippen molar-refractivity contribution in [3.8, 4) is 0 Å². The topological polar surface area (TPSA) is 37.8 Å². The third kappa shape index (κ3) is 4.64. The van der Waals surface area contributed by atoms with Crippen LogP contribution in [0.1, 0.15) is 41.7 Å². The molecule has 1 aromatic heterocycles. The largest absolute Gasteiger partial charge is 0.313 e. The van der Waals surface area contributed by atoms with E-state index in [2.05, 4.69) is 60.3 Å². The second-order valence-electron chi connectivity index (χ2n) is 5.45. The molecule has 0 unspecified atom stereocenters. The number of nitrogens with zero attached hydrogens (tertiary/aromatic N) is 2. The molecule has 0 aliphatic rings. The van der Waals surface area contributed by atoms with Crippen LogP contribution in [0.15, 0.2) is 30.3 Å². The Bertz CT molecular complexity index is 541. The standard InChI is InChI=1S/C18H25N3/c1-4-12-19-13-17-14(2)20-18(21-15(17)3)11-10-16-8-6-5-7-9-16/h5-9,19H,4,10-13H2,1-3H3.